The van der Waals surface area contributed by atoms with E-state index in [1.54, 1.807) is 12.1 Å². The zero-order chi connectivity index (χ0) is 13.8. The Kier molecular flexibility index (Phi) is 4.10. The number of hydrogen-bond acceptors (Lipinski definition) is 3. The first-order valence-electron chi connectivity index (χ1n) is 5.32. The van der Waals surface area contributed by atoms with Crippen LogP contribution in [-0.4, -0.2) is 22.0 Å². The summed E-state index contributed by atoms with van der Waals surface area (Å²) >= 11 is 2.17. The molecule has 0 aliphatic heterocycles. The van der Waals surface area contributed by atoms with Crippen LogP contribution in [0.15, 0.2) is 42.6 Å². The number of aromatic nitrogens is 1. The maximum absolute atomic E-state index is 11.9. The molecular weight excluding hydrogens is 359 g/mol. The second-order valence-corrected chi connectivity index (χ2v) is 4.94. The summed E-state index contributed by atoms with van der Waals surface area (Å²) in [6.07, 6.45) is 1.24. The Morgan fingerprint density at radius 1 is 1.11 bits per heavy atom. The number of carboxylic acids is 1. The Hall–Kier alpha value is -1.96. The summed E-state index contributed by atoms with van der Waals surface area (Å²) in [5, 5.41) is 11.4. The van der Waals surface area contributed by atoms with Crippen LogP contribution >= 0.6 is 22.6 Å². The lowest BCUT2D eigenvalue weighted by Gasteiger charge is -2.05. The van der Waals surface area contributed by atoms with Gasteiger partial charge in [-0.1, -0.05) is 0 Å². The van der Waals surface area contributed by atoms with E-state index in [0.717, 1.165) is 3.57 Å². The Bertz CT molecular complexity index is 609. The van der Waals surface area contributed by atoms with Crippen LogP contribution in [0.5, 0.6) is 0 Å². The Balaban J connectivity index is 2.11. The molecule has 1 aromatic carbocycles. The minimum atomic E-state index is -1.12. The number of nitrogens with one attached hydrogen (secondary N) is 1. The molecule has 5 nitrogen and oxygen atoms in total. The van der Waals surface area contributed by atoms with Gasteiger partial charge >= 0.3 is 5.97 Å². The number of carbonyl (C=O) groups is 2. The minimum Gasteiger partial charge on any atom is -0.477 e. The van der Waals surface area contributed by atoms with Crippen LogP contribution < -0.4 is 5.32 Å². The first kappa shape index (κ1) is 13.5. The number of pyridine rings is 1. The number of carbonyl (C=O) groups excluding carboxylic acids is 1. The molecule has 0 spiro atoms. The molecule has 0 unspecified atom stereocenters. The number of hydrogen-bond donors (Lipinski definition) is 2. The summed E-state index contributed by atoms with van der Waals surface area (Å²) < 4.78 is 1.07. The normalized spacial score (nSPS) is 9.95. The Morgan fingerprint density at radius 2 is 1.79 bits per heavy atom. The van der Waals surface area contributed by atoms with Crippen LogP contribution in [-0.2, 0) is 0 Å². The summed E-state index contributed by atoms with van der Waals surface area (Å²) in [5.74, 6) is -1.45. The summed E-state index contributed by atoms with van der Waals surface area (Å²) in [5.41, 5.74) is 0.891. The zero-order valence-electron chi connectivity index (χ0n) is 9.63. The van der Waals surface area contributed by atoms with E-state index in [2.05, 4.69) is 32.9 Å². The highest BCUT2D eigenvalue weighted by molar-refractivity contribution is 14.1. The molecule has 0 aliphatic carbocycles. The van der Waals surface area contributed by atoms with E-state index in [-0.39, 0.29) is 11.6 Å². The van der Waals surface area contributed by atoms with Crippen molar-refractivity contribution in [3.05, 3.63) is 57.4 Å². The van der Waals surface area contributed by atoms with Crippen molar-refractivity contribution in [1.82, 2.24) is 4.98 Å². The van der Waals surface area contributed by atoms with Gasteiger partial charge in [-0.2, -0.15) is 0 Å². The second-order valence-electron chi connectivity index (χ2n) is 3.70. The predicted molar refractivity (Wildman–Crippen MR) is 78.3 cm³/mol. The molecule has 1 heterocycles. The molecule has 2 aromatic rings. The predicted octanol–water partition coefficient (Wildman–Crippen LogP) is 2.64. The van der Waals surface area contributed by atoms with E-state index in [4.69, 9.17) is 5.11 Å². The summed E-state index contributed by atoms with van der Waals surface area (Å²) in [7, 11) is 0. The number of nitrogens with zero attached hydrogens (tertiary/aromatic N) is 1. The van der Waals surface area contributed by atoms with Crippen LogP contribution in [0.2, 0.25) is 0 Å². The SMILES string of the molecule is O=C(Nc1ccc(I)cc1)c1ccc(C(=O)O)nc1. The number of benzene rings is 1. The summed E-state index contributed by atoms with van der Waals surface area (Å²) in [4.78, 5) is 26.2. The molecule has 6 heteroatoms. The Labute approximate surface area is 122 Å². The molecule has 1 aromatic heterocycles. The highest BCUT2D eigenvalue weighted by Gasteiger charge is 2.09. The van der Waals surface area contributed by atoms with Crippen molar-refractivity contribution >= 4 is 40.2 Å². The molecule has 0 bridgehead atoms. The van der Waals surface area contributed by atoms with Gasteiger partial charge in [0.1, 0.15) is 5.69 Å². The zero-order valence-corrected chi connectivity index (χ0v) is 11.8. The van der Waals surface area contributed by atoms with Crippen molar-refractivity contribution in [2.24, 2.45) is 0 Å². The maximum Gasteiger partial charge on any atom is 0.354 e. The van der Waals surface area contributed by atoms with Crippen molar-refractivity contribution < 1.29 is 14.7 Å². The van der Waals surface area contributed by atoms with E-state index < -0.39 is 5.97 Å². The molecule has 2 N–H and O–H groups in total. The lowest BCUT2D eigenvalue weighted by atomic mass is 10.2. The lowest BCUT2D eigenvalue weighted by Crippen LogP contribution is -2.13. The fraction of sp³-hybridized carbons (Fsp3) is 0. The smallest absolute Gasteiger partial charge is 0.354 e. The maximum atomic E-state index is 11.9. The minimum absolute atomic E-state index is 0.0918. The summed E-state index contributed by atoms with van der Waals surface area (Å²) in [6.45, 7) is 0. The second kappa shape index (κ2) is 5.79. The van der Waals surface area contributed by atoms with E-state index >= 15 is 0 Å². The van der Waals surface area contributed by atoms with Gasteiger partial charge in [-0.05, 0) is 59.0 Å². The number of aromatic carboxylic acids is 1. The monoisotopic (exact) mass is 368 g/mol. The standard InChI is InChI=1S/C13H9IN2O3/c14-9-2-4-10(5-3-9)16-12(17)8-1-6-11(13(18)19)15-7-8/h1-7H,(H,16,17)(H,18,19). The highest BCUT2D eigenvalue weighted by atomic mass is 127. The van der Waals surface area contributed by atoms with Crippen LogP contribution in [0.25, 0.3) is 0 Å². The molecule has 96 valence electrons. The molecular formula is C13H9IN2O3. The first-order valence-corrected chi connectivity index (χ1v) is 6.40. The molecule has 0 atom stereocenters. The topological polar surface area (TPSA) is 79.3 Å². The number of carboxylic acid groups (broad SMARTS) is 1. The molecule has 1 amide bonds. The molecule has 0 saturated carbocycles. The van der Waals surface area contributed by atoms with Crippen molar-refractivity contribution in [2.45, 2.75) is 0 Å². The Morgan fingerprint density at radius 3 is 2.32 bits per heavy atom. The van der Waals surface area contributed by atoms with Crippen molar-refractivity contribution in [3.63, 3.8) is 0 Å². The number of amides is 1. The van der Waals surface area contributed by atoms with Gasteiger partial charge in [-0.3, -0.25) is 4.79 Å². The van der Waals surface area contributed by atoms with Crippen molar-refractivity contribution in [1.29, 1.82) is 0 Å². The van der Waals surface area contributed by atoms with Crippen LogP contribution in [0.3, 0.4) is 0 Å². The fourth-order valence-corrected chi connectivity index (χ4v) is 1.75. The lowest BCUT2D eigenvalue weighted by molar-refractivity contribution is 0.0690. The van der Waals surface area contributed by atoms with Gasteiger partial charge in [-0.15, -0.1) is 0 Å². The fourth-order valence-electron chi connectivity index (χ4n) is 1.39. The quantitative estimate of drug-likeness (QED) is 0.817. The number of anilines is 1. The third kappa shape index (κ3) is 3.50. The number of rotatable bonds is 3. The molecule has 0 fully saturated rings. The van der Waals surface area contributed by atoms with Crippen molar-refractivity contribution in [2.75, 3.05) is 5.32 Å². The van der Waals surface area contributed by atoms with Crippen LogP contribution in [0, 0.1) is 3.57 Å². The van der Waals surface area contributed by atoms with Crippen LogP contribution in [0.1, 0.15) is 20.8 Å². The average molecular weight is 368 g/mol. The van der Waals surface area contributed by atoms with Gasteiger partial charge in [0, 0.05) is 15.5 Å². The van der Waals surface area contributed by atoms with Gasteiger partial charge in [0.05, 0.1) is 5.56 Å². The van der Waals surface area contributed by atoms with E-state index in [1.807, 2.05) is 12.1 Å². The van der Waals surface area contributed by atoms with E-state index in [9.17, 15) is 9.59 Å². The third-order valence-corrected chi connectivity index (χ3v) is 3.07. The highest BCUT2D eigenvalue weighted by Crippen LogP contribution is 2.12. The molecule has 0 aliphatic rings. The average Bonchev–Trinajstić information content (AvgIpc) is 2.41. The first-order chi connectivity index (χ1) is 9.06. The van der Waals surface area contributed by atoms with Crippen molar-refractivity contribution in [3.8, 4) is 0 Å². The molecule has 0 radical (unpaired) electrons. The largest absolute Gasteiger partial charge is 0.477 e. The third-order valence-electron chi connectivity index (χ3n) is 2.35. The van der Waals surface area contributed by atoms with E-state index in [1.165, 1.54) is 18.3 Å². The van der Waals surface area contributed by atoms with Gasteiger partial charge in [0.25, 0.3) is 5.91 Å². The molecule has 2 rings (SSSR count). The molecule has 0 saturated heterocycles. The van der Waals surface area contributed by atoms with Gasteiger partial charge in [-0.25, -0.2) is 9.78 Å². The molecule has 19 heavy (non-hydrogen) atoms. The number of halogens is 1. The van der Waals surface area contributed by atoms with Gasteiger partial charge in [0.15, 0.2) is 0 Å². The van der Waals surface area contributed by atoms with Gasteiger partial charge < -0.3 is 10.4 Å². The van der Waals surface area contributed by atoms with Gasteiger partial charge in [0.2, 0.25) is 0 Å². The summed E-state index contributed by atoms with van der Waals surface area (Å²) in [6, 6.07) is 10.1. The van der Waals surface area contributed by atoms with E-state index in [0.29, 0.717) is 11.3 Å². The van der Waals surface area contributed by atoms with Crippen LogP contribution in [0.4, 0.5) is 5.69 Å².